The van der Waals surface area contributed by atoms with E-state index in [2.05, 4.69) is 34.4 Å². The van der Waals surface area contributed by atoms with Gasteiger partial charge in [0.1, 0.15) is 21.8 Å². The lowest BCUT2D eigenvalue weighted by Crippen LogP contribution is -2.45. The minimum Gasteiger partial charge on any atom is -0.385 e. The topological polar surface area (TPSA) is 102 Å². The molecule has 2 unspecified atom stereocenters. The largest absolute Gasteiger partial charge is 0.385 e. The molecule has 1 heterocycles. The molecule has 0 radical (unpaired) electrons. The maximum atomic E-state index is 13.5. The van der Waals surface area contributed by atoms with Crippen LogP contribution in [-0.2, 0) is 16.0 Å². The van der Waals surface area contributed by atoms with Crippen molar-refractivity contribution >= 4 is 38.9 Å². The van der Waals surface area contributed by atoms with E-state index in [-0.39, 0.29) is 23.8 Å². The molecule has 7 nitrogen and oxygen atoms in total. The van der Waals surface area contributed by atoms with Crippen molar-refractivity contribution in [1.82, 2.24) is 16.0 Å². The lowest BCUT2D eigenvalue weighted by atomic mass is 9.51. The van der Waals surface area contributed by atoms with Crippen LogP contribution in [0.3, 0.4) is 0 Å². The average molecular weight is 540 g/mol. The molecular formula is C31H42B2N4O3. The molecule has 2 amide bonds. The summed E-state index contributed by atoms with van der Waals surface area (Å²) in [6, 6.07) is 15.7. The molecule has 0 aromatic heterocycles. The third kappa shape index (κ3) is 7.60. The molecule has 1 aliphatic heterocycles. The Bertz CT molecular complexity index is 1260. The first kappa shape index (κ1) is 29.5. The molecule has 2 aliphatic rings. The molecule has 4 rings (SSSR count). The van der Waals surface area contributed by atoms with Gasteiger partial charge in [-0.3, -0.25) is 9.59 Å². The van der Waals surface area contributed by atoms with Gasteiger partial charge in [0.2, 0.25) is 11.8 Å². The standard InChI is InChI=1S/C31H42B2N4O3/c1-18-10-13-26(37-30(40)31(32,33)17-22-8-6-5-7-9-22)25(14-18)20(3)36-27(16-23-15-19(2)34-29(23)39)28(38)21(4)35-24-11-12-24/h5-10,13-14,19,23-24,27-28,35-36,38H,3-4,11-12,15-17,32-33H2,1-2H3,(H,34,39)(H,37,40)/t19?,23-,27-,28?/m0/s1. The Balaban J connectivity index is 1.53. The summed E-state index contributed by atoms with van der Waals surface area (Å²) in [6.45, 7) is 12.4. The van der Waals surface area contributed by atoms with Gasteiger partial charge in [-0.15, -0.1) is 0 Å². The van der Waals surface area contributed by atoms with E-state index in [0.717, 1.165) is 29.5 Å². The molecule has 9 heteroatoms. The number of carbonyl (C=O) groups excluding carboxylic acids is 2. The summed E-state index contributed by atoms with van der Waals surface area (Å²) < 4.78 is 0. The van der Waals surface area contributed by atoms with Crippen LogP contribution in [0.4, 0.5) is 5.69 Å². The molecule has 1 saturated carbocycles. The van der Waals surface area contributed by atoms with Crippen molar-refractivity contribution in [3.05, 3.63) is 84.1 Å². The predicted octanol–water partition coefficient (Wildman–Crippen LogP) is 2.03. The highest BCUT2D eigenvalue weighted by molar-refractivity contribution is 6.52. The Morgan fingerprint density at radius 1 is 1.18 bits per heavy atom. The summed E-state index contributed by atoms with van der Waals surface area (Å²) in [5.41, 5.74) is 4.60. The van der Waals surface area contributed by atoms with E-state index in [1.165, 1.54) is 0 Å². The zero-order valence-electron chi connectivity index (χ0n) is 24.2. The average Bonchev–Trinajstić information content (AvgIpc) is 3.66. The monoisotopic (exact) mass is 540 g/mol. The lowest BCUT2D eigenvalue weighted by molar-refractivity contribution is -0.123. The fraction of sp³-hybridized carbons (Fsp3) is 0.419. The van der Waals surface area contributed by atoms with Crippen molar-refractivity contribution in [1.29, 1.82) is 0 Å². The minimum atomic E-state index is -0.922. The normalized spacial score (nSPS) is 20.2. The van der Waals surface area contributed by atoms with E-state index >= 15 is 0 Å². The van der Waals surface area contributed by atoms with E-state index in [1.807, 2.05) is 78.1 Å². The van der Waals surface area contributed by atoms with Gasteiger partial charge in [-0.25, -0.2) is 0 Å². The summed E-state index contributed by atoms with van der Waals surface area (Å²) in [6.07, 6.45) is 2.94. The molecular weight excluding hydrogens is 498 g/mol. The molecule has 0 bridgehead atoms. The van der Waals surface area contributed by atoms with Crippen LogP contribution >= 0.6 is 0 Å². The van der Waals surface area contributed by atoms with Crippen LogP contribution < -0.4 is 21.3 Å². The number of rotatable bonds is 13. The van der Waals surface area contributed by atoms with Crippen molar-refractivity contribution in [2.24, 2.45) is 5.92 Å². The van der Waals surface area contributed by atoms with Gasteiger partial charge < -0.3 is 26.4 Å². The number of anilines is 1. The number of hydrogen-bond acceptors (Lipinski definition) is 5. The van der Waals surface area contributed by atoms with Crippen LogP contribution in [0.25, 0.3) is 5.70 Å². The predicted molar refractivity (Wildman–Crippen MR) is 167 cm³/mol. The van der Waals surface area contributed by atoms with Crippen LogP contribution in [0.2, 0.25) is 5.21 Å². The van der Waals surface area contributed by atoms with Crippen molar-refractivity contribution in [2.75, 3.05) is 5.32 Å². The SMILES string of the molecule is BC(B)(Cc1ccccc1)C(=O)Nc1ccc(C)cc1C(=C)N[C@@H](C[C@@H]1CC(C)NC1=O)C(O)C(=C)NC1CC1. The van der Waals surface area contributed by atoms with E-state index in [4.69, 9.17) is 0 Å². The van der Waals surface area contributed by atoms with Gasteiger partial charge in [0.15, 0.2) is 0 Å². The molecule has 4 atom stereocenters. The first-order chi connectivity index (χ1) is 18.9. The summed E-state index contributed by atoms with van der Waals surface area (Å²) in [5.74, 6) is -0.314. The second-order valence-electron chi connectivity index (χ2n) is 12.2. The van der Waals surface area contributed by atoms with Crippen molar-refractivity contribution in [2.45, 2.75) is 75.4 Å². The molecule has 40 heavy (non-hydrogen) atoms. The van der Waals surface area contributed by atoms with Gasteiger partial charge in [-0.1, -0.05) is 55.1 Å². The number of aliphatic hydroxyl groups excluding tert-OH is 1. The van der Waals surface area contributed by atoms with Crippen LogP contribution in [0.5, 0.6) is 0 Å². The Morgan fingerprint density at radius 2 is 1.88 bits per heavy atom. The van der Waals surface area contributed by atoms with E-state index < -0.39 is 17.4 Å². The first-order valence-electron chi connectivity index (χ1n) is 14.3. The van der Waals surface area contributed by atoms with Crippen LogP contribution in [0.15, 0.2) is 67.4 Å². The molecule has 5 N–H and O–H groups in total. The highest BCUT2D eigenvalue weighted by atomic mass is 16.3. The van der Waals surface area contributed by atoms with E-state index in [1.54, 1.807) is 0 Å². The van der Waals surface area contributed by atoms with Gasteiger partial charge in [0, 0.05) is 35.0 Å². The number of hydrogen-bond donors (Lipinski definition) is 5. The molecule has 0 spiro atoms. The first-order valence-corrected chi connectivity index (χ1v) is 14.3. The zero-order chi connectivity index (χ0) is 29.0. The number of aryl methyl sites for hydroxylation is 1. The second kappa shape index (κ2) is 12.4. The fourth-order valence-corrected chi connectivity index (χ4v) is 5.34. The molecule has 210 valence electrons. The van der Waals surface area contributed by atoms with Gasteiger partial charge in [-0.2, -0.15) is 0 Å². The Labute approximate surface area is 240 Å². The van der Waals surface area contributed by atoms with Crippen molar-refractivity contribution < 1.29 is 14.7 Å². The molecule has 2 fully saturated rings. The lowest BCUT2D eigenvalue weighted by Gasteiger charge is -2.30. The maximum absolute atomic E-state index is 13.5. The number of nitrogens with one attached hydrogen (secondary N) is 4. The van der Waals surface area contributed by atoms with Crippen molar-refractivity contribution in [3.8, 4) is 0 Å². The van der Waals surface area contributed by atoms with Gasteiger partial charge in [-0.05, 0) is 68.9 Å². The Morgan fingerprint density at radius 3 is 2.50 bits per heavy atom. The minimum absolute atomic E-state index is 0.00188. The van der Waals surface area contributed by atoms with Gasteiger partial charge >= 0.3 is 0 Å². The van der Waals surface area contributed by atoms with Crippen LogP contribution in [0.1, 0.15) is 49.3 Å². The zero-order valence-corrected chi connectivity index (χ0v) is 24.2. The number of amides is 2. The third-order valence-corrected chi connectivity index (χ3v) is 7.85. The summed E-state index contributed by atoms with van der Waals surface area (Å²) >= 11 is 0. The number of benzene rings is 2. The van der Waals surface area contributed by atoms with E-state index in [9.17, 15) is 14.7 Å². The quantitative estimate of drug-likeness (QED) is 0.251. The molecule has 2 aromatic rings. The third-order valence-electron chi connectivity index (χ3n) is 7.85. The Kier molecular flexibility index (Phi) is 9.14. The van der Waals surface area contributed by atoms with E-state index in [0.29, 0.717) is 42.4 Å². The second-order valence-corrected chi connectivity index (χ2v) is 12.2. The van der Waals surface area contributed by atoms with Crippen LogP contribution in [-0.4, -0.2) is 56.8 Å². The fourth-order valence-electron chi connectivity index (χ4n) is 5.34. The Hall–Kier alpha value is -3.45. The maximum Gasteiger partial charge on any atom is 0.223 e. The summed E-state index contributed by atoms with van der Waals surface area (Å²) in [7, 11) is 3.88. The molecule has 1 aliphatic carbocycles. The van der Waals surface area contributed by atoms with Gasteiger partial charge in [0.05, 0.1) is 11.7 Å². The smallest absolute Gasteiger partial charge is 0.223 e. The highest BCUT2D eigenvalue weighted by Crippen LogP contribution is 2.30. The highest BCUT2D eigenvalue weighted by Gasteiger charge is 2.36. The molecule has 2 aromatic carbocycles. The summed E-state index contributed by atoms with van der Waals surface area (Å²) in [4.78, 5) is 26.0. The van der Waals surface area contributed by atoms with Crippen molar-refractivity contribution in [3.63, 3.8) is 0 Å². The molecule has 1 saturated heterocycles. The van der Waals surface area contributed by atoms with Crippen LogP contribution in [0, 0.1) is 12.8 Å². The van der Waals surface area contributed by atoms with Gasteiger partial charge in [0.25, 0.3) is 0 Å². The number of carbonyl (C=O) groups is 2. The number of aliphatic hydroxyl groups is 1. The summed E-state index contributed by atoms with van der Waals surface area (Å²) in [5, 5.41) is 23.5.